The minimum atomic E-state index is -0.546. The summed E-state index contributed by atoms with van der Waals surface area (Å²) < 4.78 is 13.4. The van der Waals surface area contributed by atoms with Crippen molar-refractivity contribution >= 4 is 33.4 Å². The third kappa shape index (κ3) is 2.86. The van der Waals surface area contributed by atoms with Crippen LogP contribution in [0.2, 0.25) is 5.02 Å². The molecular weight excluding hydrogens is 321 g/mol. The third-order valence-electron chi connectivity index (χ3n) is 3.23. The third-order valence-corrected chi connectivity index (χ3v) is 4.29. The summed E-state index contributed by atoms with van der Waals surface area (Å²) in [5, 5.41) is 0.802. The van der Waals surface area contributed by atoms with Crippen molar-refractivity contribution in [2.45, 2.75) is 25.3 Å². The van der Waals surface area contributed by atoms with E-state index < -0.39 is 5.82 Å². The van der Waals surface area contributed by atoms with Crippen LogP contribution in [0, 0.1) is 5.82 Å². The van der Waals surface area contributed by atoms with E-state index in [4.69, 9.17) is 11.6 Å². The molecule has 1 aliphatic rings. The highest BCUT2D eigenvalue weighted by Crippen LogP contribution is 2.23. The molecule has 1 fully saturated rings. The zero-order valence-corrected chi connectivity index (χ0v) is 12.2. The minimum absolute atomic E-state index is 0.0437. The highest BCUT2D eigenvalue weighted by molar-refractivity contribution is 9.09. The van der Waals surface area contributed by atoms with Crippen LogP contribution in [0.1, 0.15) is 29.6 Å². The molecule has 0 bridgehead atoms. The summed E-state index contributed by atoms with van der Waals surface area (Å²) in [6, 6.07) is 4.42. The fourth-order valence-corrected chi connectivity index (χ4v) is 3.01. The first-order valence-electron chi connectivity index (χ1n) is 5.95. The average molecular weight is 335 g/mol. The molecule has 1 unspecified atom stereocenters. The Kier molecular flexibility index (Phi) is 4.62. The largest absolute Gasteiger partial charge is 0.335 e. The number of likely N-dealkylation sites (tertiary alicyclic amines) is 1. The summed E-state index contributed by atoms with van der Waals surface area (Å²) in [6.07, 6.45) is 3.13. The number of halogens is 3. The van der Waals surface area contributed by atoms with Crippen LogP contribution < -0.4 is 0 Å². The van der Waals surface area contributed by atoms with E-state index in [9.17, 15) is 9.18 Å². The Morgan fingerprint density at radius 2 is 2.28 bits per heavy atom. The normalized spacial score (nSPS) is 19.9. The molecule has 0 aromatic heterocycles. The fourth-order valence-electron chi connectivity index (χ4n) is 2.22. The van der Waals surface area contributed by atoms with Gasteiger partial charge in [-0.05, 0) is 37.5 Å². The molecule has 1 heterocycles. The lowest BCUT2D eigenvalue weighted by atomic mass is 10.0. The number of hydrogen-bond acceptors (Lipinski definition) is 1. The quantitative estimate of drug-likeness (QED) is 0.752. The lowest BCUT2D eigenvalue weighted by Gasteiger charge is -2.34. The van der Waals surface area contributed by atoms with Crippen LogP contribution in [0.4, 0.5) is 4.39 Å². The van der Waals surface area contributed by atoms with Crippen LogP contribution in [-0.2, 0) is 0 Å². The average Bonchev–Trinajstić information content (AvgIpc) is 2.41. The van der Waals surface area contributed by atoms with E-state index in [1.807, 2.05) is 4.90 Å². The van der Waals surface area contributed by atoms with Gasteiger partial charge in [0.25, 0.3) is 5.91 Å². The van der Waals surface area contributed by atoms with Crippen molar-refractivity contribution in [1.29, 1.82) is 0 Å². The van der Waals surface area contributed by atoms with Crippen LogP contribution in [0.5, 0.6) is 0 Å². The maximum atomic E-state index is 13.4. The monoisotopic (exact) mass is 333 g/mol. The lowest BCUT2D eigenvalue weighted by Crippen LogP contribution is -2.44. The minimum Gasteiger partial charge on any atom is -0.335 e. The van der Waals surface area contributed by atoms with Gasteiger partial charge in [0.2, 0.25) is 0 Å². The number of alkyl halides is 1. The standard InChI is InChI=1S/C13H14BrClFNO/c14-8-10-3-1-2-6-17(10)13(18)9-4-5-11(15)12(16)7-9/h4-5,7,10H,1-3,6,8H2. The van der Waals surface area contributed by atoms with Crippen molar-refractivity contribution < 1.29 is 9.18 Å². The molecule has 0 radical (unpaired) electrons. The molecule has 98 valence electrons. The van der Waals surface area contributed by atoms with E-state index in [1.165, 1.54) is 12.1 Å². The van der Waals surface area contributed by atoms with Gasteiger partial charge in [-0.15, -0.1) is 0 Å². The predicted molar refractivity (Wildman–Crippen MR) is 73.9 cm³/mol. The molecule has 18 heavy (non-hydrogen) atoms. The van der Waals surface area contributed by atoms with E-state index in [0.717, 1.165) is 31.1 Å². The summed E-state index contributed by atoms with van der Waals surface area (Å²) in [7, 11) is 0. The summed E-state index contributed by atoms with van der Waals surface area (Å²) in [4.78, 5) is 14.1. The molecule has 0 saturated carbocycles. The Bertz CT molecular complexity index is 455. The van der Waals surface area contributed by atoms with Gasteiger partial charge in [0.05, 0.1) is 5.02 Å². The number of benzene rings is 1. The zero-order chi connectivity index (χ0) is 13.1. The highest BCUT2D eigenvalue weighted by atomic mass is 79.9. The highest BCUT2D eigenvalue weighted by Gasteiger charge is 2.26. The molecule has 1 atom stereocenters. The number of nitrogens with zero attached hydrogens (tertiary/aromatic N) is 1. The topological polar surface area (TPSA) is 20.3 Å². The second kappa shape index (κ2) is 6.02. The maximum absolute atomic E-state index is 13.4. The van der Waals surface area contributed by atoms with Gasteiger partial charge in [0.15, 0.2) is 0 Å². The Hall–Kier alpha value is -0.610. The van der Waals surface area contributed by atoms with Crippen molar-refractivity contribution in [2.75, 3.05) is 11.9 Å². The molecule has 2 nitrogen and oxygen atoms in total. The van der Waals surface area contributed by atoms with E-state index in [1.54, 1.807) is 6.07 Å². The van der Waals surface area contributed by atoms with Crippen LogP contribution in [-0.4, -0.2) is 28.7 Å². The Morgan fingerprint density at radius 3 is 2.94 bits per heavy atom. The lowest BCUT2D eigenvalue weighted by molar-refractivity contribution is 0.0641. The van der Waals surface area contributed by atoms with E-state index >= 15 is 0 Å². The van der Waals surface area contributed by atoms with Gasteiger partial charge in [-0.25, -0.2) is 4.39 Å². The summed E-state index contributed by atoms with van der Waals surface area (Å²) >= 11 is 9.05. The van der Waals surface area contributed by atoms with Gasteiger partial charge in [-0.1, -0.05) is 27.5 Å². The first-order valence-corrected chi connectivity index (χ1v) is 7.45. The van der Waals surface area contributed by atoms with Crippen molar-refractivity contribution in [3.63, 3.8) is 0 Å². The van der Waals surface area contributed by atoms with Gasteiger partial charge in [0, 0.05) is 23.5 Å². The van der Waals surface area contributed by atoms with Crippen LogP contribution in [0.15, 0.2) is 18.2 Å². The number of carbonyl (C=O) groups excluding carboxylic acids is 1. The van der Waals surface area contributed by atoms with E-state index in [-0.39, 0.29) is 17.0 Å². The van der Waals surface area contributed by atoms with Crippen molar-refractivity contribution in [1.82, 2.24) is 4.90 Å². The second-order valence-corrected chi connectivity index (χ2v) is 5.49. The SMILES string of the molecule is O=C(c1ccc(Cl)c(F)c1)N1CCCCC1CBr. The van der Waals surface area contributed by atoms with E-state index in [2.05, 4.69) is 15.9 Å². The maximum Gasteiger partial charge on any atom is 0.254 e. The molecule has 0 spiro atoms. The van der Waals surface area contributed by atoms with Gasteiger partial charge in [-0.2, -0.15) is 0 Å². The van der Waals surface area contributed by atoms with Gasteiger partial charge >= 0.3 is 0 Å². The Balaban J connectivity index is 2.21. The Morgan fingerprint density at radius 1 is 1.50 bits per heavy atom. The molecule has 2 rings (SSSR count). The molecule has 0 aliphatic carbocycles. The summed E-state index contributed by atoms with van der Waals surface area (Å²) in [5.41, 5.74) is 0.366. The zero-order valence-electron chi connectivity index (χ0n) is 9.83. The molecule has 0 N–H and O–H groups in total. The second-order valence-electron chi connectivity index (χ2n) is 4.43. The Labute approximate surface area is 119 Å². The van der Waals surface area contributed by atoms with Crippen LogP contribution in [0.3, 0.4) is 0 Å². The molecule has 1 aliphatic heterocycles. The molecule has 5 heteroatoms. The summed E-state index contributed by atoms with van der Waals surface area (Å²) in [6.45, 7) is 0.735. The first-order chi connectivity index (χ1) is 8.63. The fraction of sp³-hybridized carbons (Fsp3) is 0.462. The molecular formula is C13H14BrClFNO. The van der Waals surface area contributed by atoms with E-state index in [0.29, 0.717) is 5.56 Å². The van der Waals surface area contributed by atoms with Crippen molar-refractivity contribution in [3.05, 3.63) is 34.6 Å². The van der Waals surface area contributed by atoms with Crippen LogP contribution in [0.25, 0.3) is 0 Å². The van der Waals surface area contributed by atoms with Crippen LogP contribution >= 0.6 is 27.5 Å². The van der Waals surface area contributed by atoms with Crippen molar-refractivity contribution in [2.24, 2.45) is 0 Å². The number of rotatable bonds is 2. The van der Waals surface area contributed by atoms with Gasteiger partial charge < -0.3 is 4.90 Å². The number of hydrogen-bond donors (Lipinski definition) is 0. The molecule has 1 saturated heterocycles. The first kappa shape index (κ1) is 13.8. The summed E-state index contributed by atoms with van der Waals surface area (Å²) in [5.74, 6) is -0.662. The number of piperidine rings is 1. The predicted octanol–water partition coefficient (Wildman–Crippen LogP) is 3.87. The molecule has 1 aromatic carbocycles. The van der Waals surface area contributed by atoms with Gasteiger partial charge in [0.1, 0.15) is 5.82 Å². The smallest absolute Gasteiger partial charge is 0.254 e. The molecule has 1 amide bonds. The molecule has 1 aromatic rings. The van der Waals surface area contributed by atoms with Crippen molar-refractivity contribution in [3.8, 4) is 0 Å². The number of amides is 1. The number of carbonyl (C=O) groups is 1. The van der Waals surface area contributed by atoms with Gasteiger partial charge in [-0.3, -0.25) is 4.79 Å².